The van der Waals surface area contributed by atoms with Crippen LogP contribution in [0.5, 0.6) is 0 Å². The molecule has 0 spiro atoms. The average Bonchev–Trinajstić information content (AvgIpc) is 3.11. The van der Waals surface area contributed by atoms with Crippen LogP contribution in [0.25, 0.3) is 16.6 Å². The Morgan fingerprint density at radius 1 is 1.16 bits per heavy atom. The second-order valence-electron chi connectivity index (χ2n) is 7.74. The van der Waals surface area contributed by atoms with E-state index in [9.17, 15) is 10.1 Å². The van der Waals surface area contributed by atoms with Crippen molar-refractivity contribution in [2.24, 2.45) is 0 Å². The van der Waals surface area contributed by atoms with Gasteiger partial charge in [0.2, 0.25) is 0 Å². The van der Waals surface area contributed by atoms with Crippen LogP contribution in [0.3, 0.4) is 0 Å². The second kappa shape index (κ2) is 8.90. The van der Waals surface area contributed by atoms with Gasteiger partial charge in [-0.3, -0.25) is 9.78 Å². The van der Waals surface area contributed by atoms with Crippen molar-refractivity contribution in [1.82, 2.24) is 20.1 Å². The summed E-state index contributed by atoms with van der Waals surface area (Å²) in [5.74, 6) is 0.165. The fourth-order valence-electron chi connectivity index (χ4n) is 3.70. The number of hydrogen-bond donors (Lipinski definition) is 2. The number of nitrogens with two attached hydrogens (primary N) is 1. The van der Waals surface area contributed by atoms with E-state index in [-0.39, 0.29) is 5.91 Å². The maximum absolute atomic E-state index is 12.7. The van der Waals surface area contributed by atoms with Crippen molar-refractivity contribution in [3.63, 3.8) is 0 Å². The molecule has 160 valence electrons. The number of aromatic nitrogens is 3. The molecule has 0 fully saturated rings. The van der Waals surface area contributed by atoms with Gasteiger partial charge in [-0.1, -0.05) is 30.3 Å². The van der Waals surface area contributed by atoms with Crippen molar-refractivity contribution in [2.75, 3.05) is 12.3 Å². The maximum atomic E-state index is 12.7. The standard InChI is InChI=1S/C25H24N6O/c1-16-10-11-18-14-20(17(2)29-23(18)13-16)25(32)28-12-6-9-22-21(15-26)24(27)31(30-22)19-7-4-3-5-8-19/h3-5,7-8,10-11,13-14H,6,9,12,27H2,1-2H3,(H,28,32). The number of para-hydroxylation sites is 1. The van der Waals surface area contributed by atoms with E-state index in [1.165, 1.54) is 0 Å². The van der Waals surface area contributed by atoms with Gasteiger partial charge in [-0.05, 0) is 56.5 Å². The summed E-state index contributed by atoms with van der Waals surface area (Å²) in [6.45, 7) is 4.31. The minimum Gasteiger partial charge on any atom is -0.382 e. The van der Waals surface area contributed by atoms with Gasteiger partial charge < -0.3 is 11.1 Å². The Balaban J connectivity index is 1.42. The zero-order chi connectivity index (χ0) is 22.7. The quantitative estimate of drug-likeness (QED) is 0.457. The van der Waals surface area contributed by atoms with Crippen LogP contribution in [-0.2, 0) is 6.42 Å². The lowest BCUT2D eigenvalue weighted by atomic mass is 10.1. The number of nitrogens with zero attached hydrogens (tertiary/aromatic N) is 4. The number of aryl methyl sites for hydroxylation is 3. The number of nitrogens with one attached hydrogen (secondary N) is 1. The Labute approximate surface area is 186 Å². The van der Waals surface area contributed by atoms with E-state index in [0.717, 1.165) is 22.2 Å². The molecule has 2 aromatic carbocycles. The first-order valence-corrected chi connectivity index (χ1v) is 10.5. The predicted octanol–water partition coefficient (Wildman–Crippen LogP) is 3.85. The van der Waals surface area contributed by atoms with Gasteiger partial charge in [-0.2, -0.15) is 10.4 Å². The molecule has 0 unspecified atom stereocenters. The number of nitrogen functional groups attached to an aromatic ring is 1. The molecule has 0 bridgehead atoms. The molecular formula is C25H24N6O. The Hall–Kier alpha value is -4.18. The topological polar surface area (TPSA) is 110 Å². The second-order valence-corrected chi connectivity index (χ2v) is 7.74. The molecule has 4 rings (SSSR count). The summed E-state index contributed by atoms with van der Waals surface area (Å²) >= 11 is 0. The van der Waals surface area contributed by atoms with Crippen LogP contribution in [0.15, 0.2) is 54.6 Å². The van der Waals surface area contributed by atoms with Crippen molar-refractivity contribution >= 4 is 22.6 Å². The Bertz CT molecular complexity index is 1330. The molecule has 4 aromatic rings. The number of pyridine rings is 1. The fraction of sp³-hybridized carbons (Fsp3) is 0.200. The molecule has 7 nitrogen and oxygen atoms in total. The van der Waals surface area contributed by atoms with Crippen LogP contribution in [-0.4, -0.2) is 27.2 Å². The molecule has 2 aromatic heterocycles. The lowest BCUT2D eigenvalue weighted by Gasteiger charge is -2.09. The summed E-state index contributed by atoms with van der Waals surface area (Å²) in [5.41, 5.74) is 11.2. The van der Waals surface area contributed by atoms with Crippen LogP contribution in [0.2, 0.25) is 0 Å². The third kappa shape index (κ3) is 4.16. The van der Waals surface area contributed by atoms with Gasteiger partial charge in [0.05, 0.1) is 28.2 Å². The SMILES string of the molecule is Cc1ccc2cc(C(=O)NCCCc3nn(-c4ccccc4)c(N)c3C#N)c(C)nc2c1. The van der Waals surface area contributed by atoms with Gasteiger partial charge in [-0.25, -0.2) is 4.68 Å². The third-order valence-electron chi connectivity index (χ3n) is 5.39. The van der Waals surface area contributed by atoms with E-state index in [1.54, 1.807) is 4.68 Å². The van der Waals surface area contributed by atoms with E-state index in [1.807, 2.05) is 68.4 Å². The zero-order valence-corrected chi connectivity index (χ0v) is 18.1. The highest BCUT2D eigenvalue weighted by Crippen LogP contribution is 2.21. The maximum Gasteiger partial charge on any atom is 0.253 e. The van der Waals surface area contributed by atoms with E-state index < -0.39 is 0 Å². The number of amides is 1. The number of anilines is 1. The summed E-state index contributed by atoms with van der Waals surface area (Å²) < 4.78 is 1.58. The Kier molecular flexibility index (Phi) is 5.86. The van der Waals surface area contributed by atoms with Gasteiger partial charge in [0.25, 0.3) is 5.91 Å². The fourth-order valence-corrected chi connectivity index (χ4v) is 3.70. The van der Waals surface area contributed by atoms with Crippen molar-refractivity contribution in [2.45, 2.75) is 26.7 Å². The molecule has 2 heterocycles. The molecule has 0 aliphatic carbocycles. The monoisotopic (exact) mass is 424 g/mol. The first-order valence-electron chi connectivity index (χ1n) is 10.5. The molecule has 0 saturated heterocycles. The van der Waals surface area contributed by atoms with Crippen molar-refractivity contribution in [3.05, 3.63) is 82.7 Å². The van der Waals surface area contributed by atoms with Gasteiger partial charge >= 0.3 is 0 Å². The van der Waals surface area contributed by atoms with Crippen molar-refractivity contribution in [1.29, 1.82) is 5.26 Å². The van der Waals surface area contributed by atoms with Gasteiger partial charge in [0.15, 0.2) is 0 Å². The molecule has 3 N–H and O–H groups in total. The molecule has 0 aliphatic heterocycles. The van der Waals surface area contributed by atoms with E-state index in [2.05, 4.69) is 21.5 Å². The van der Waals surface area contributed by atoms with Crippen molar-refractivity contribution < 1.29 is 4.79 Å². The predicted molar refractivity (Wildman–Crippen MR) is 125 cm³/mol. The van der Waals surface area contributed by atoms with E-state index in [0.29, 0.717) is 47.7 Å². The number of nitriles is 1. The van der Waals surface area contributed by atoms with Crippen LogP contribution in [0.1, 0.15) is 39.3 Å². The van der Waals surface area contributed by atoms with Gasteiger partial charge in [-0.15, -0.1) is 0 Å². The number of rotatable bonds is 6. The summed E-state index contributed by atoms with van der Waals surface area (Å²) in [7, 11) is 0. The Morgan fingerprint density at radius 3 is 2.69 bits per heavy atom. The van der Waals surface area contributed by atoms with Crippen LogP contribution in [0, 0.1) is 25.2 Å². The number of hydrogen-bond acceptors (Lipinski definition) is 5. The molecule has 0 aliphatic rings. The number of benzene rings is 2. The summed E-state index contributed by atoms with van der Waals surface area (Å²) in [6, 6.07) is 19.5. The first kappa shape index (κ1) is 21.1. The number of carbonyl (C=O) groups excluding carboxylic acids is 1. The summed E-state index contributed by atoms with van der Waals surface area (Å²) in [6.07, 6.45) is 1.16. The highest BCUT2D eigenvalue weighted by Gasteiger charge is 2.17. The molecular weight excluding hydrogens is 400 g/mol. The number of fused-ring (bicyclic) bond motifs is 1. The van der Waals surface area contributed by atoms with Crippen LogP contribution < -0.4 is 11.1 Å². The minimum atomic E-state index is -0.160. The van der Waals surface area contributed by atoms with E-state index in [4.69, 9.17) is 5.73 Å². The molecule has 7 heteroatoms. The molecule has 0 radical (unpaired) electrons. The molecule has 1 amide bonds. The first-order chi connectivity index (χ1) is 15.5. The minimum absolute atomic E-state index is 0.160. The van der Waals surface area contributed by atoms with E-state index >= 15 is 0 Å². The van der Waals surface area contributed by atoms with Gasteiger partial charge in [0, 0.05) is 11.9 Å². The smallest absolute Gasteiger partial charge is 0.253 e. The number of carbonyl (C=O) groups is 1. The largest absolute Gasteiger partial charge is 0.382 e. The molecule has 0 atom stereocenters. The molecule has 0 saturated carbocycles. The lowest BCUT2D eigenvalue weighted by Crippen LogP contribution is -2.26. The van der Waals surface area contributed by atoms with Crippen molar-refractivity contribution in [3.8, 4) is 11.8 Å². The normalized spacial score (nSPS) is 10.8. The lowest BCUT2D eigenvalue weighted by molar-refractivity contribution is 0.0952. The Morgan fingerprint density at radius 2 is 1.94 bits per heavy atom. The average molecular weight is 425 g/mol. The van der Waals surface area contributed by atoms with Crippen LogP contribution in [0.4, 0.5) is 5.82 Å². The summed E-state index contributed by atoms with van der Waals surface area (Å²) in [4.78, 5) is 17.3. The third-order valence-corrected chi connectivity index (χ3v) is 5.39. The van der Waals surface area contributed by atoms with Gasteiger partial charge in [0.1, 0.15) is 17.5 Å². The zero-order valence-electron chi connectivity index (χ0n) is 18.1. The molecule has 32 heavy (non-hydrogen) atoms. The highest BCUT2D eigenvalue weighted by molar-refractivity contribution is 5.98. The summed E-state index contributed by atoms with van der Waals surface area (Å²) in [5, 5.41) is 17.9. The highest BCUT2D eigenvalue weighted by atomic mass is 16.1. The van der Waals surface area contributed by atoms with Crippen LogP contribution >= 0.6 is 0 Å².